The molecular formula is C92H115F2N17O23S. The molecule has 16 amide bonds. The molecule has 40 nitrogen and oxygen atoms in total. The van der Waals surface area contributed by atoms with Crippen molar-refractivity contribution in [1.82, 2.24) is 77.3 Å². The van der Waals surface area contributed by atoms with Gasteiger partial charge in [-0.3, -0.25) is 86.3 Å². The number of carboxylic acids is 2. The van der Waals surface area contributed by atoms with Gasteiger partial charge in [0.1, 0.15) is 84.3 Å². The zero-order chi connectivity index (χ0) is 98.8. The first-order valence-corrected chi connectivity index (χ1v) is 45.1. The number of hydrogen-bond donors (Lipinski definition) is 17. The lowest BCUT2D eigenvalue weighted by Crippen LogP contribution is -2.62. The number of aliphatic hydroxyl groups excluding tert-OH is 2. The molecule has 15 atom stereocenters. The molecule has 6 aromatic rings. The number of rotatable bonds is 25. The SMILES string of the molecule is CCCC[C@H]1C(=O)N2C[C@H](O)C[C@@H]2C(=O)N[C@@H](CC(=O)O)C(=O)N[C@@H](C(C)C)C(=O)N(C)[C@H](Cc2ccccc2)C(=O)N[C@@H](CCC(N)=O)C(=O)N2C[C@H](O)C[C@@H]2C(=O)N[C@@H](Cc2c[nH]c3ccccc23)C(=O)N[C@@H](Cc2ccc(O)cc2)C(=O)N[C@H](CCC(=O)O)C(=O)N[C@H](C(=O)NCC(N)=O)CSCC(=O)N[C@H](Cc2ccc(F)c(F)c2)C(=O)N(C)[C@@H](Cc2ccccc2)C(=O)N1C. The number of carboxylic acid groups (broad SMARTS) is 2. The second-order valence-electron chi connectivity index (χ2n) is 34.0. The predicted molar refractivity (Wildman–Crippen MR) is 483 cm³/mol. The molecule has 9 rings (SSSR count). The van der Waals surface area contributed by atoms with Crippen molar-refractivity contribution in [3.8, 4) is 5.75 Å². The van der Waals surface area contributed by atoms with Gasteiger partial charge in [0.25, 0.3) is 0 Å². The van der Waals surface area contributed by atoms with Gasteiger partial charge in [0.05, 0.1) is 30.9 Å². The molecule has 3 fully saturated rings. The van der Waals surface area contributed by atoms with Crippen molar-refractivity contribution in [2.75, 3.05) is 52.3 Å². The Bertz CT molecular complexity index is 5310. The number of aromatic hydroxyl groups is 1. The summed E-state index contributed by atoms with van der Waals surface area (Å²) < 4.78 is 29.8. The average Bonchev–Trinajstić information content (AvgIpc) is 1.77. The Labute approximate surface area is 779 Å². The van der Waals surface area contributed by atoms with E-state index in [1.54, 1.807) is 91.9 Å². The van der Waals surface area contributed by atoms with Crippen molar-refractivity contribution in [3.63, 3.8) is 0 Å². The highest BCUT2D eigenvalue weighted by Gasteiger charge is 2.48. The van der Waals surface area contributed by atoms with Crippen LogP contribution in [0.1, 0.15) is 113 Å². The van der Waals surface area contributed by atoms with Gasteiger partial charge in [-0.2, -0.15) is 0 Å². The van der Waals surface area contributed by atoms with Crippen LogP contribution in [0.4, 0.5) is 8.78 Å². The number of para-hydroxylation sites is 1. The molecule has 0 aliphatic carbocycles. The van der Waals surface area contributed by atoms with Crippen molar-refractivity contribution in [2.45, 2.75) is 208 Å². The van der Waals surface area contributed by atoms with Crippen molar-refractivity contribution in [1.29, 1.82) is 0 Å². The summed E-state index contributed by atoms with van der Waals surface area (Å²) in [5.74, 6) is -25.8. The highest BCUT2D eigenvalue weighted by Crippen LogP contribution is 2.29. The van der Waals surface area contributed by atoms with E-state index in [9.17, 15) is 73.1 Å². The third-order valence-electron chi connectivity index (χ3n) is 23.6. The number of carbonyl (C=O) groups is 18. The first-order valence-electron chi connectivity index (χ1n) is 44.0. The van der Waals surface area contributed by atoms with Crippen LogP contribution in [0.2, 0.25) is 0 Å². The molecule has 0 bridgehead atoms. The third kappa shape index (κ3) is 29.5. The molecule has 0 radical (unpaired) electrons. The first kappa shape index (κ1) is 105. The van der Waals surface area contributed by atoms with E-state index in [-0.39, 0.29) is 42.6 Å². The van der Waals surface area contributed by atoms with Crippen LogP contribution in [0.15, 0.2) is 134 Å². The number of likely N-dealkylation sites (N-methyl/N-ethyl adjacent to an activating group) is 3. The van der Waals surface area contributed by atoms with Gasteiger partial charge in [0.2, 0.25) is 94.5 Å². The lowest BCUT2D eigenvalue weighted by Gasteiger charge is -2.38. The number of hydrogen-bond acceptors (Lipinski definition) is 22. The lowest BCUT2D eigenvalue weighted by molar-refractivity contribution is -0.152. The number of primary amides is 2. The van der Waals surface area contributed by atoms with E-state index in [4.69, 9.17) is 11.5 Å². The normalized spacial score (nSPS) is 24.4. The second kappa shape index (κ2) is 49.1. The van der Waals surface area contributed by atoms with E-state index >= 15 is 47.5 Å². The van der Waals surface area contributed by atoms with Gasteiger partial charge in [-0.25, -0.2) is 8.78 Å². The number of nitrogens with two attached hydrogens (primary N) is 2. The van der Waals surface area contributed by atoms with Crippen LogP contribution in [-0.4, -0.2) is 305 Å². The van der Waals surface area contributed by atoms with E-state index in [2.05, 4.69) is 52.8 Å². The van der Waals surface area contributed by atoms with Crippen molar-refractivity contribution in [3.05, 3.63) is 173 Å². The minimum Gasteiger partial charge on any atom is -0.508 e. The Kier molecular flexibility index (Phi) is 38.1. The quantitative estimate of drug-likeness (QED) is 0.0318. The summed E-state index contributed by atoms with van der Waals surface area (Å²) in [5.41, 5.74) is 13.1. The molecule has 5 aromatic carbocycles. The zero-order valence-corrected chi connectivity index (χ0v) is 76.0. The van der Waals surface area contributed by atoms with Crippen LogP contribution in [0.3, 0.4) is 0 Å². The van der Waals surface area contributed by atoms with E-state index < -0.39 is 310 Å². The minimum atomic E-state index is -2.06. The van der Waals surface area contributed by atoms with Crippen LogP contribution in [0.5, 0.6) is 5.75 Å². The number of phenolic OH excluding ortho intramolecular Hbond substituents is 1. The number of halogens is 2. The van der Waals surface area contributed by atoms with Crippen molar-refractivity contribution in [2.24, 2.45) is 17.4 Å². The van der Waals surface area contributed by atoms with Crippen molar-refractivity contribution < 1.29 is 121 Å². The summed E-state index contributed by atoms with van der Waals surface area (Å²) in [4.78, 5) is 270. The van der Waals surface area contributed by atoms with Gasteiger partial charge in [-0.1, -0.05) is 131 Å². The molecule has 3 aliphatic heterocycles. The Balaban J connectivity index is 1.15. The summed E-state index contributed by atoms with van der Waals surface area (Å²) in [6, 6.07) is 7.84. The highest BCUT2D eigenvalue weighted by molar-refractivity contribution is 8.00. The van der Waals surface area contributed by atoms with Gasteiger partial charge < -0.3 is 114 Å². The Morgan fingerprint density at radius 3 is 1.59 bits per heavy atom. The number of nitrogens with one attached hydrogen (secondary N) is 10. The van der Waals surface area contributed by atoms with Crippen LogP contribution in [0, 0.1) is 17.6 Å². The van der Waals surface area contributed by atoms with E-state index in [1.165, 1.54) is 65.5 Å². The van der Waals surface area contributed by atoms with Gasteiger partial charge >= 0.3 is 11.9 Å². The molecule has 4 heterocycles. The largest absolute Gasteiger partial charge is 0.508 e. The Morgan fingerprint density at radius 2 is 1.00 bits per heavy atom. The number of fused-ring (bicyclic) bond motifs is 3. The number of unbranched alkanes of at least 4 members (excludes halogenated alkanes) is 1. The predicted octanol–water partition coefficient (Wildman–Crippen LogP) is -1.25. The van der Waals surface area contributed by atoms with Gasteiger partial charge in [-0.15, -0.1) is 11.8 Å². The fourth-order valence-corrected chi connectivity index (χ4v) is 17.1. The van der Waals surface area contributed by atoms with Crippen LogP contribution >= 0.6 is 11.8 Å². The number of aliphatic carboxylic acids is 2. The highest BCUT2D eigenvalue weighted by atomic mass is 32.2. The van der Waals surface area contributed by atoms with Crippen LogP contribution < -0.4 is 59.3 Å². The number of benzene rings is 5. The molecule has 0 spiro atoms. The number of aliphatic hydroxyl groups is 2. The number of phenols is 1. The number of H-pyrrole nitrogens is 1. The summed E-state index contributed by atoms with van der Waals surface area (Å²) in [6.45, 7) is 2.72. The standard InChI is InChI=1S/C92H115F2N17O23S/c1-7-8-23-69-91(133)111-46-57(114)41-72(111)87(129)104-66(42-78(120)121)84(126)106-79(49(2)3)92(134)108(5)70(37-50-17-11-9-12-18-50)85(127)101-63(30-32-74(95)115)89(131)110-45-56(113)40-71(110)86(128)103-65(39-54-43-97-61-22-16-15-21-58(54)61)83(125)102-64(35-52-24-27-55(112)28-25-52)82(124)100-62(31-33-77(118)119)81(123)105-68(80(122)98-44-75(96)116)47-135-48-76(117)99-67(36-53-26-29-59(93)60(94)34-53)88(130)109(6)73(90(132)107(69)4)38-51-19-13-10-14-20-51/h9-22,24-29,34,43,49,56-57,62-73,79,97,112-114H,7-8,23,30-33,35-42,44-48H2,1-6H3,(H2,95,115)(H2,96,116)(H,98,122)(H,99,117)(H,100,124)(H,101,127)(H,102,125)(H,103,128)(H,104,129)(H,105,123)(H,106,126)(H,118,119)(H,120,121)/t56-,57-,62-,63+,64+,65+,66+,67-,68+,69+,70-,71-,72-,73+,79+/m1/s1. The monoisotopic (exact) mass is 1900 g/mol. The molecule has 43 heteroatoms. The molecule has 0 unspecified atom stereocenters. The fourth-order valence-electron chi connectivity index (χ4n) is 16.3. The molecule has 3 aliphatic rings. The maximum absolute atomic E-state index is 15.7. The number of aromatic amines is 1. The molecule has 0 saturated carbocycles. The molecule has 19 N–H and O–H groups in total. The second-order valence-corrected chi connectivity index (χ2v) is 35.1. The number of aromatic nitrogens is 1. The Morgan fingerprint density at radius 1 is 0.489 bits per heavy atom. The topological polar surface area (TPSA) is 601 Å². The maximum Gasteiger partial charge on any atom is 0.305 e. The van der Waals surface area contributed by atoms with Crippen LogP contribution in [-0.2, 0) is 118 Å². The van der Waals surface area contributed by atoms with Gasteiger partial charge in [-0.05, 0) is 83.3 Å². The molecule has 726 valence electrons. The number of amides is 16. The first-order chi connectivity index (χ1) is 64.1. The smallest absolute Gasteiger partial charge is 0.305 e. The molecule has 135 heavy (non-hydrogen) atoms. The van der Waals surface area contributed by atoms with Crippen LogP contribution in [0.25, 0.3) is 10.9 Å². The van der Waals surface area contributed by atoms with E-state index in [0.29, 0.717) is 45.8 Å². The summed E-state index contributed by atoms with van der Waals surface area (Å²) in [7, 11) is 3.62. The average molecular weight is 1900 g/mol. The lowest BCUT2D eigenvalue weighted by atomic mass is 9.98. The van der Waals surface area contributed by atoms with Crippen molar-refractivity contribution >= 4 is 129 Å². The minimum absolute atomic E-state index is 0.0678. The number of carbonyl (C=O) groups excluding carboxylic acids is 16. The van der Waals surface area contributed by atoms with Gasteiger partial charge in [0, 0.05) is 115 Å². The Hall–Kier alpha value is -14.0. The summed E-state index contributed by atoms with van der Waals surface area (Å²) in [6.07, 6.45) is -8.06. The maximum atomic E-state index is 15.7. The fraction of sp³-hybridized carbons (Fsp3) is 0.457. The molecule has 3 saturated heterocycles. The number of nitrogens with zero attached hydrogens (tertiary/aromatic N) is 5. The molecule has 1 aromatic heterocycles. The summed E-state index contributed by atoms with van der Waals surface area (Å²) in [5, 5.41) is 76.8. The number of thioether (sulfide) groups is 1. The zero-order valence-electron chi connectivity index (χ0n) is 75.2. The third-order valence-corrected chi connectivity index (χ3v) is 24.7. The van der Waals surface area contributed by atoms with E-state index in [1.807, 2.05) is 0 Å². The molecular weight excluding hydrogens is 1780 g/mol. The van der Waals surface area contributed by atoms with E-state index in [0.717, 1.165) is 42.7 Å². The van der Waals surface area contributed by atoms with Gasteiger partial charge in [0.15, 0.2) is 11.6 Å². The summed E-state index contributed by atoms with van der Waals surface area (Å²) >= 11 is 0.612.